The Hall–Kier alpha value is -1.61. The third-order valence-corrected chi connectivity index (χ3v) is 2.91. The zero-order chi connectivity index (χ0) is 13.1. The standard InChI is InChI=1S/C14H14ClFN2/c1-3-18(12-6-4-10(2)5-7-12)14-13(16)8-11(15)9-17-14/h4-9H,3H2,1-2H3. The third-order valence-electron chi connectivity index (χ3n) is 2.71. The van der Waals surface area contributed by atoms with Gasteiger partial charge in [0.2, 0.25) is 0 Å². The molecule has 0 saturated heterocycles. The van der Waals surface area contributed by atoms with Gasteiger partial charge in [-0.1, -0.05) is 29.3 Å². The number of hydrogen-bond acceptors (Lipinski definition) is 2. The molecule has 0 aliphatic carbocycles. The van der Waals surface area contributed by atoms with Gasteiger partial charge in [0.15, 0.2) is 11.6 Å². The van der Waals surface area contributed by atoms with Crippen molar-refractivity contribution in [2.24, 2.45) is 0 Å². The molecule has 1 aromatic carbocycles. The molecule has 0 atom stereocenters. The Morgan fingerprint density at radius 1 is 1.28 bits per heavy atom. The molecule has 0 bridgehead atoms. The Bertz CT molecular complexity index is 540. The SMILES string of the molecule is CCN(c1ccc(C)cc1)c1ncc(Cl)cc1F. The summed E-state index contributed by atoms with van der Waals surface area (Å²) in [6.07, 6.45) is 1.46. The zero-order valence-corrected chi connectivity index (χ0v) is 11.1. The summed E-state index contributed by atoms with van der Waals surface area (Å²) >= 11 is 5.71. The number of halogens is 2. The molecular formula is C14H14ClFN2. The molecule has 0 fully saturated rings. The molecule has 1 aromatic heterocycles. The third kappa shape index (κ3) is 2.62. The maximum Gasteiger partial charge on any atom is 0.169 e. The van der Waals surface area contributed by atoms with Crippen molar-refractivity contribution < 1.29 is 4.39 Å². The quantitative estimate of drug-likeness (QED) is 0.820. The minimum atomic E-state index is -0.412. The highest BCUT2D eigenvalue weighted by Crippen LogP contribution is 2.27. The van der Waals surface area contributed by atoms with Crippen molar-refractivity contribution in [1.29, 1.82) is 0 Å². The van der Waals surface area contributed by atoms with Gasteiger partial charge in [0, 0.05) is 18.4 Å². The normalized spacial score (nSPS) is 10.4. The smallest absolute Gasteiger partial charge is 0.169 e. The summed E-state index contributed by atoms with van der Waals surface area (Å²) in [5, 5.41) is 0.302. The number of benzene rings is 1. The van der Waals surface area contributed by atoms with E-state index in [-0.39, 0.29) is 0 Å². The number of aromatic nitrogens is 1. The highest BCUT2D eigenvalue weighted by molar-refractivity contribution is 6.30. The number of hydrogen-bond donors (Lipinski definition) is 0. The van der Waals surface area contributed by atoms with Crippen LogP contribution in [-0.4, -0.2) is 11.5 Å². The van der Waals surface area contributed by atoms with Gasteiger partial charge in [0.25, 0.3) is 0 Å². The number of pyridine rings is 1. The first-order valence-corrected chi connectivity index (χ1v) is 6.15. The Balaban J connectivity index is 2.41. The largest absolute Gasteiger partial charge is 0.324 e. The van der Waals surface area contributed by atoms with Crippen LogP contribution in [0.1, 0.15) is 12.5 Å². The van der Waals surface area contributed by atoms with Crippen LogP contribution < -0.4 is 4.90 Å². The second-order valence-corrected chi connectivity index (χ2v) is 4.48. The molecule has 0 radical (unpaired) electrons. The van der Waals surface area contributed by atoms with Crippen molar-refractivity contribution in [1.82, 2.24) is 4.98 Å². The first-order valence-electron chi connectivity index (χ1n) is 5.77. The van der Waals surface area contributed by atoms with Crippen molar-refractivity contribution >= 4 is 23.1 Å². The van der Waals surface area contributed by atoms with Crippen LogP contribution >= 0.6 is 11.6 Å². The summed E-state index contributed by atoms with van der Waals surface area (Å²) < 4.78 is 13.9. The summed E-state index contributed by atoms with van der Waals surface area (Å²) in [5.74, 6) is -0.115. The van der Waals surface area contributed by atoms with Gasteiger partial charge in [-0.25, -0.2) is 9.37 Å². The maximum atomic E-state index is 13.9. The van der Waals surface area contributed by atoms with Gasteiger partial charge in [-0.2, -0.15) is 0 Å². The number of nitrogens with zero attached hydrogens (tertiary/aromatic N) is 2. The molecule has 0 aliphatic rings. The van der Waals surface area contributed by atoms with Gasteiger partial charge < -0.3 is 4.90 Å². The Morgan fingerprint density at radius 3 is 2.50 bits per heavy atom. The van der Waals surface area contributed by atoms with Crippen LogP contribution in [0.3, 0.4) is 0 Å². The molecular weight excluding hydrogens is 251 g/mol. The molecule has 0 saturated carbocycles. The average molecular weight is 265 g/mol. The van der Waals surface area contributed by atoms with Crippen molar-refractivity contribution in [3.8, 4) is 0 Å². The van der Waals surface area contributed by atoms with Crippen molar-refractivity contribution in [3.05, 3.63) is 52.9 Å². The van der Waals surface area contributed by atoms with Crippen LogP contribution in [0.15, 0.2) is 36.5 Å². The van der Waals surface area contributed by atoms with E-state index in [2.05, 4.69) is 4.98 Å². The Labute approximate surface area is 111 Å². The van der Waals surface area contributed by atoms with Crippen LogP contribution in [0.25, 0.3) is 0 Å². The lowest BCUT2D eigenvalue weighted by Crippen LogP contribution is -2.18. The highest BCUT2D eigenvalue weighted by atomic mass is 35.5. The van der Waals surface area contributed by atoms with Crippen LogP contribution in [-0.2, 0) is 0 Å². The average Bonchev–Trinajstić information content (AvgIpc) is 2.35. The lowest BCUT2D eigenvalue weighted by molar-refractivity contribution is 0.619. The predicted octanol–water partition coefficient (Wildman–Crippen LogP) is 4.34. The summed E-state index contributed by atoms with van der Waals surface area (Å²) in [5.41, 5.74) is 2.08. The van der Waals surface area contributed by atoms with Crippen LogP contribution in [0, 0.1) is 12.7 Å². The molecule has 18 heavy (non-hydrogen) atoms. The Kier molecular flexibility index (Phi) is 3.82. The van der Waals surface area contributed by atoms with E-state index in [0.717, 1.165) is 5.69 Å². The number of rotatable bonds is 3. The summed E-state index contributed by atoms with van der Waals surface area (Å²) in [6.45, 7) is 4.60. The lowest BCUT2D eigenvalue weighted by Gasteiger charge is -2.22. The topological polar surface area (TPSA) is 16.1 Å². The van der Waals surface area contributed by atoms with E-state index in [4.69, 9.17) is 11.6 Å². The second kappa shape index (κ2) is 5.36. The van der Waals surface area contributed by atoms with Crippen LogP contribution in [0.5, 0.6) is 0 Å². The summed E-state index contributed by atoms with van der Waals surface area (Å²) in [6, 6.07) is 9.17. The maximum absolute atomic E-state index is 13.9. The summed E-state index contributed by atoms with van der Waals surface area (Å²) in [7, 11) is 0. The fourth-order valence-electron chi connectivity index (χ4n) is 1.79. The van der Waals surface area contributed by atoms with Crippen molar-refractivity contribution in [3.63, 3.8) is 0 Å². The van der Waals surface area contributed by atoms with E-state index in [9.17, 15) is 4.39 Å². The van der Waals surface area contributed by atoms with E-state index < -0.39 is 5.82 Å². The lowest BCUT2D eigenvalue weighted by atomic mass is 10.2. The molecule has 0 N–H and O–H groups in total. The molecule has 2 nitrogen and oxygen atoms in total. The molecule has 0 unspecified atom stereocenters. The van der Waals surface area contributed by atoms with Gasteiger partial charge in [-0.05, 0) is 32.0 Å². The fourth-order valence-corrected chi connectivity index (χ4v) is 1.93. The van der Waals surface area contributed by atoms with Crippen LogP contribution in [0.2, 0.25) is 5.02 Å². The van der Waals surface area contributed by atoms with E-state index in [0.29, 0.717) is 17.4 Å². The van der Waals surface area contributed by atoms with Crippen molar-refractivity contribution in [2.45, 2.75) is 13.8 Å². The van der Waals surface area contributed by atoms with Gasteiger partial charge >= 0.3 is 0 Å². The predicted molar refractivity (Wildman–Crippen MR) is 73.1 cm³/mol. The van der Waals surface area contributed by atoms with Crippen molar-refractivity contribution in [2.75, 3.05) is 11.4 Å². The second-order valence-electron chi connectivity index (χ2n) is 4.04. The monoisotopic (exact) mass is 264 g/mol. The van der Waals surface area contributed by atoms with Crippen LogP contribution in [0.4, 0.5) is 15.9 Å². The van der Waals surface area contributed by atoms with Gasteiger partial charge in [-0.15, -0.1) is 0 Å². The zero-order valence-electron chi connectivity index (χ0n) is 10.3. The molecule has 2 aromatic rings. The van der Waals surface area contributed by atoms with E-state index in [1.807, 2.05) is 43.0 Å². The molecule has 94 valence electrons. The highest BCUT2D eigenvalue weighted by Gasteiger charge is 2.13. The van der Waals surface area contributed by atoms with Gasteiger partial charge in [0.1, 0.15) is 0 Å². The van der Waals surface area contributed by atoms with Gasteiger partial charge in [-0.3, -0.25) is 0 Å². The number of aryl methyl sites for hydroxylation is 1. The summed E-state index contributed by atoms with van der Waals surface area (Å²) in [4.78, 5) is 5.88. The van der Waals surface area contributed by atoms with E-state index >= 15 is 0 Å². The molecule has 1 heterocycles. The first kappa shape index (κ1) is 12.8. The molecule has 0 amide bonds. The Morgan fingerprint density at radius 2 is 1.94 bits per heavy atom. The van der Waals surface area contributed by atoms with Gasteiger partial charge in [0.05, 0.1) is 5.02 Å². The first-order chi connectivity index (χ1) is 8.61. The minimum Gasteiger partial charge on any atom is -0.324 e. The molecule has 0 aliphatic heterocycles. The fraction of sp³-hybridized carbons (Fsp3) is 0.214. The molecule has 0 spiro atoms. The molecule has 2 rings (SSSR count). The molecule has 4 heteroatoms. The van der Waals surface area contributed by atoms with E-state index in [1.54, 1.807) is 0 Å². The number of anilines is 2. The van der Waals surface area contributed by atoms with E-state index in [1.165, 1.54) is 17.8 Å². The minimum absolute atomic E-state index is 0.297.